The minimum Gasteiger partial charge on any atom is -0.458 e. The fraction of sp³-hybridized carbons (Fsp3) is 0.576. The number of hydrogen-bond acceptors (Lipinski definition) is 9. The highest BCUT2D eigenvalue weighted by Gasteiger charge is 2.44. The molecule has 4 rings (SSSR count). The summed E-state index contributed by atoms with van der Waals surface area (Å²) < 4.78 is 11.8. The van der Waals surface area contributed by atoms with Gasteiger partial charge in [0.2, 0.25) is 0 Å². The Bertz CT molecular complexity index is 1270. The molecule has 0 aliphatic carbocycles. The molecule has 1 aromatic heterocycles. The van der Waals surface area contributed by atoms with Crippen LogP contribution in [-0.4, -0.2) is 63.7 Å². The predicted molar refractivity (Wildman–Crippen MR) is 164 cm³/mol. The third-order valence-corrected chi connectivity index (χ3v) is 9.43. The van der Waals surface area contributed by atoms with Gasteiger partial charge in [-0.15, -0.1) is 11.3 Å². The van der Waals surface area contributed by atoms with Gasteiger partial charge >= 0.3 is 5.97 Å². The summed E-state index contributed by atoms with van der Waals surface area (Å²) in [7, 11) is 0. The van der Waals surface area contributed by atoms with Gasteiger partial charge in [-0.25, -0.2) is 4.98 Å². The fourth-order valence-corrected chi connectivity index (χ4v) is 6.23. The number of aliphatic hydroxyl groups is 2. The van der Waals surface area contributed by atoms with Crippen LogP contribution in [0.15, 0.2) is 46.3 Å². The van der Waals surface area contributed by atoms with E-state index in [9.17, 15) is 19.8 Å². The minimum atomic E-state index is -1.25. The first-order chi connectivity index (χ1) is 20.0. The highest BCUT2D eigenvalue weighted by atomic mass is 32.1. The topological polar surface area (TPSA) is 122 Å². The zero-order valence-electron chi connectivity index (χ0n) is 25.2. The molecule has 0 bridgehead atoms. The summed E-state index contributed by atoms with van der Waals surface area (Å²) in [4.78, 5) is 35.5. The molecular formula is C33H44N2O6S. The van der Waals surface area contributed by atoms with Crippen molar-refractivity contribution in [2.75, 3.05) is 0 Å². The molecule has 42 heavy (non-hydrogen) atoms. The van der Waals surface area contributed by atoms with Crippen LogP contribution in [-0.2, 0) is 25.6 Å². The van der Waals surface area contributed by atoms with Gasteiger partial charge in [0.05, 0.1) is 54.7 Å². The highest BCUT2D eigenvalue weighted by molar-refractivity contribution is 7.11. The zero-order valence-corrected chi connectivity index (χ0v) is 26.0. The number of aliphatic hydroxyl groups excluding tert-OH is 2. The molecule has 1 aromatic carbocycles. The summed E-state index contributed by atoms with van der Waals surface area (Å²) in [5.41, 5.74) is 1.49. The number of benzene rings is 1. The lowest BCUT2D eigenvalue weighted by molar-refractivity contribution is -0.154. The fourth-order valence-electron chi connectivity index (χ4n) is 5.57. The smallest absolute Gasteiger partial charge is 0.309 e. The number of epoxide rings is 1. The van der Waals surface area contributed by atoms with Gasteiger partial charge in [0.25, 0.3) is 0 Å². The summed E-state index contributed by atoms with van der Waals surface area (Å²) in [6.45, 7) is 9.38. The number of fused-ring (bicyclic) bond motifs is 1. The second-order valence-electron chi connectivity index (χ2n) is 12.4. The average molecular weight is 597 g/mol. The molecule has 2 N–H and O–H groups in total. The van der Waals surface area contributed by atoms with Crippen LogP contribution >= 0.6 is 11.3 Å². The summed E-state index contributed by atoms with van der Waals surface area (Å²) in [6, 6.07) is 10.0. The van der Waals surface area contributed by atoms with Crippen molar-refractivity contribution in [2.45, 2.75) is 104 Å². The Balaban J connectivity index is 1.47. The summed E-state index contributed by atoms with van der Waals surface area (Å²) >= 11 is 1.49. The second-order valence-corrected chi connectivity index (χ2v) is 13.3. The lowest BCUT2D eigenvalue weighted by Gasteiger charge is -2.34. The first kappa shape index (κ1) is 32.2. The molecule has 0 unspecified atom stereocenters. The molecule has 228 valence electrons. The highest BCUT2D eigenvalue weighted by Crippen LogP contribution is 2.36. The quantitative estimate of drug-likeness (QED) is 0.269. The van der Waals surface area contributed by atoms with E-state index in [-0.39, 0.29) is 30.3 Å². The number of carbonyl (C=O) groups excluding carboxylic acids is 2. The van der Waals surface area contributed by atoms with Crippen molar-refractivity contribution < 1.29 is 29.3 Å². The number of aromatic nitrogens is 1. The van der Waals surface area contributed by atoms with Crippen LogP contribution in [0.25, 0.3) is 6.08 Å². The van der Waals surface area contributed by atoms with Gasteiger partial charge in [0.15, 0.2) is 0 Å². The van der Waals surface area contributed by atoms with Gasteiger partial charge in [-0.3, -0.25) is 14.6 Å². The Labute approximate surface area is 252 Å². The normalized spacial score (nSPS) is 31.5. The van der Waals surface area contributed by atoms with Crippen LogP contribution in [0.3, 0.4) is 0 Å². The Morgan fingerprint density at radius 2 is 1.88 bits per heavy atom. The van der Waals surface area contributed by atoms with Crippen LogP contribution in [0.4, 0.5) is 0 Å². The Morgan fingerprint density at radius 1 is 1.14 bits per heavy atom. The largest absolute Gasteiger partial charge is 0.458 e. The van der Waals surface area contributed by atoms with E-state index in [0.717, 1.165) is 41.1 Å². The molecule has 0 spiro atoms. The molecular weight excluding hydrogens is 552 g/mol. The second kappa shape index (κ2) is 14.2. The SMILES string of the molecule is CC(=Cc1csc(C=NCc2ccccc2)n1)[C@@H]1C[C@@H]2O[C@@H]2CCC[C@H](C)[C@H](O)[C@@H](C)C(=O)C(C)(C)[C@@H](O)CC(=O)O1. The minimum absolute atomic E-state index is 0.0303. The van der Waals surface area contributed by atoms with Gasteiger partial charge in [-0.05, 0) is 42.9 Å². The standard InChI is InChI=1S/C33H44N2O6S/c1-20-10-9-13-25-27(40-25)15-26(41-30(37)16-28(36)33(4,5)32(39)22(3)31(20)38)21(2)14-24-19-42-29(35-24)18-34-17-23-11-7-6-8-12-23/h6-8,11-12,14,18-20,22,25-28,31,36,38H,9-10,13,15-17H2,1-5H3/t20-,22+,25+,26-,27-,28-,31-/m0/s1. The molecule has 0 radical (unpaired) electrons. The monoisotopic (exact) mass is 596 g/mol. The van der Waals surface area contributed by atoms with Gasteiger partial charge in [-0.1, -0.05) is 64.4 Å². The third-order valence-electron chi connectivity index (χ3n) is 8.63. The van der Waals surface area contributed by atoms with Crippen molar-refractivity contribution in [1.82, 2.24) is 4.98 Å². The van der Waals surface area contributed by atoms with E-state index >= 15 is 0 Å². The third kappa shape index (κ3) is 8.43. The van der Waals surface area contributed by atoms with Crippen molar-refractivity contribution in [3.63, 3.8) is 0 Å². The molecule has 2 saturated heterocycles. The average Bonchev–Trinajstić information content (AvgIpc) is 3.55. The zero-order chi connectivity index (χ0) is 30.4. The first-order valence-electron chi connectivity index (χ1n) is 14.9. The molecule has 2 fully saturated rings. The summed E-state index contributed by atoms with van der Waals surface area (Å²) in [5, 5.41) is 24.5. The van der Waals surface area contributed by atoms with Crippen molar-refractivity contribution in [2.24, 2.45) is 22.2 Å². The number of ketones is 1. The maximum Gasteiger partial charge on any atom is 0.309 e. The van der Waals surface area contributed by atoms with Crippen LogP contribution in [0.2, 0.25) is 0 Å². The lowest BCUT2D eigenvalue weighted by atomic mass is 9.73. The molecule has 9 heteroatoms. The Morgan fingerprint density at radius 3 is 2.62 bits per heavy atom. The number of carbonyl (C=O) groups is 2. The van der Waals surface area contributed by atoms with E-state index in [1.165, 1.54) is 11.3 Å². The van der Waals surface area contributed by atoms with Gasteiger partial charge in [0.1, 0.15) is 16.9 Å². The van der Waals surface area contributed by atoms with E-state index < -0.39 is 35.6 Å². The molecule has 2 aromatic rings. The molecule has 2 aliphatic rings. The van der Waals surface area contributed by atoms with Crippen molar-refractivity contribution in [1.29, 1.82) is 0 Å². The van der Waals surface area contributed by atoms with E-state index in [2.05, 4.69) is 9.98 Å². The molecule has 0 saturated carbocycles. The Hall–Kier alpha value is -2.72. The maximum absolute atomic E-state index is 13.3. The number of esters is 1. The number of rotatable bonds is 5. The van der Waals surface area contributed by atoms with Gasteiger partial charge in [0, 0.05) is 17.7 Å². The number of cyclic esters (lactones) is 1. The number of hydrogen-bond donors (Lipinski definition) is 2. The lowest BCUT2D eigenvalue weighted by Crippen LogP contribution is -2.45. The molecule has 7 atom stereocenters. The van der Waals surface area contributed by atoms with Crippen molar-refractivity contribution in [3.05, 3.63) is 57.6 Å². The van der Waals surface area contributed by atoms with Gasteiger partial charge in [-0.2, -0.15) is 0 Å². The van der Waals surface area contributed by atoms with Crippen LogP contribution in [0.5, 0.6) is 0 Å². The number of ether oxygens (including phenoxy) is 2. The first-order valence-corrected chi connectivity index (χ1v) is 15.8. The van der Waals surface area contributed by atoms with E-state index in [1.54, 1.807) is 27.0 Å². The van der Waals surface area contributed by atoms with Crippen LogP contribution in [0.1, 0.15) is 83.0 Å². The van der Waals surface area contributed by atoms with E-state index in [4.69, 9.17) is 9.47 Å². The number of nitrogens with zero attached hydrogens (tertiary/aromatic N) is 2. The van der Waals surface area contributed by atoms with Gasteiger partial charge < -0.3 is 19.7 Å². The molecule has 0 amide bonds. The van der Waals surface area contributed by atoms with Crippen LogP contribution < -0.4 is 0 Å². The molecule has 8 nitrogen and oxygen atoms in total. The van der Waals surface area contributed by atoms with E-state index in [0.29, 0.717) is 13.0 Å². The van der Waals surface area contributed by atoms with Crippen molar-refractivity contribution >= 4 is 35.4 Å². The van der Waals surface area contributed by atoms with E-state index in [1.807, 2.05) is 55.6 Å². The number of thiazole rings is 1. The number of aliphatic imine (C=N–C) groups is 1. The summed E-state index contributed by atoms with van der Waals surface area (Å²) in [5.74, 6) is -1.59. The number of Topliss-reactive ketones (excluding diaryl/α,β-unsaturated/α-hetero) is 1. The molecule has 2 aliphatic heterocycles. The molecule has 3 heterocycles. The van der Waals surface area contributed by atoms with Crippen LogP contribution in [0, 0.1) is 17.3 Å². The Kier molecular flexibility index (Phi) is 10.9. The maximum atomic E-state index is 13.3. The predicted octanol–water partition coefficient (Wildman–Crippen LogP) is 5.40. The van der Waals surface area contributed by atoms with Crippen molar-refractivity contribution in [3.8, 4) is 0 Å². The summed E-state index contributed by atoms with van der Waals surface area (Å²) in [6.07, 6.45) is 3.75.